The summed E-state index contributed by atoms with van der Waals surface area (Å²) in [7, 11) is 1.40. The average molecular weight is 281 g/mol. The number of esters is 1. The van der Waals surface area contributed by atoms with Crippen molar-refractivity contribution in [2.45, 2.75) is 12.8 Å². The Labute approximate surface area is 125 Å². The van der Waals surface area contributed by atoms with Crippen LogP contribution in [0, 0.1) is 0 Å². The molecule has 0 saturated carbocycles. The third kappa shape index (κ3) is 2.77. The Kier molecular flexibility index (Phi) is 3.91. The third-order valence-corrected chi connectivity index (χ3v) is 3.97. The summed E-state index contributed by atoms with van der Waals surface area (Å²) >= 11 is 0. The van der Waals surface area contributed by atoms with Gasteiger partial charge in [-0.3, -0.25) is 0 Å². The Hall–Kier alpha value is -2.29. The number of hydrogen-bond acceptors (Lipinski definition) is 3. The van der Waals surface area contributed by atoms with Gasteiger partial charge in [-0.15, -0.1) is 0 Å². The van der Waals surface area contributed by atoms with Gasteiger partial charge in [-0.05, 0) is 36.6 Å². The Morgan fingerprint density at radius 1 is 1.00 bits per heavy atom. The Bertz CT molecular complexity index is 628. The SMILES string of the molecule is COC(=O)c1ccc(-c2ccccc2N2CCCC2)cc1. The number of carbonyl (C=O) groups excluding carboxylic acids is 1. The van der Waals surface area contributed by atoms with Crippen LogP contribution in [0.25, 0.3) is 11.1 Å². The van der Waals surface area contributed by atoms with E-state index in [1.807, 2.05) is 24.3 Å². The summed E-state index contributed by atoms with van der Waals surface area (Å²) in [4.78, 5) is 13.9. The van der Waals surface area contributed by atoms with Gasteiger partial charge in [-0.1, -0.05) is 30.3 Å². The quantitative estimate of drug-likeness (QED) is 0.803. The molecule has 2 aromatic carbocycles. The lowest BCUT2D eigenvalue weighted by Crippen LogP contribution is -2.18. The first kappa shape index (κ1) is 13.7. The molecule has 0 bridgehead atoms. The zero-order chi connectivity index (χ0) is 14.7. The van der Waals surface area contributed by atoms with E-state index in [0.29, 0.717) is 5.56 Å². The van der Waals surface area contributed by atoms with Crippen molar-refractivity contribution in [2.24, 2.45) is 0 Å². The fourth-order valence-corrected chi connectivity index (χ4v) is 2.86. The molecule has 1 aliphatic heterocycles. The highest BCUT2D eigenvalue weighted by atomic mass is 16.5. The third-order valence-electron chi connectivity index (χ3n) is 3.97. The van der Waals surface area contributed by atoms with Crippen molar-refractivity contribution in [3.05, 3.63) is 54.1 Å². The minimum absolute atomic E-state index is 0.297. The number of rotatable bonds is 3. The van der Waals surface area contributed by atoms with Crippen molar-refractivity contribution < 1.29 is 9.53 Å². The molecule has 0 amide bonds. The first-order chi connectivity index (χ1) is 10.3. The standard InChI is InChI=1S/C18H19NO2/c1-21-18(20)15-10-8-14(9-11-15)16-6-2-3-7-17(16)19-12-4-5-13-19/h2-3,6-11H,4-5,12-13H2,1H3. The van der Waals surface area contributed by atoms with E-state index in [0.717, 1.165) is 18.7 Å². The molecule has 21 heavy (non-hydrogen) atoms. The second-order valence-electron chi connectivity index (χ2n) is 5.28. The molecule has 0 atom stereocenters. The number of methoxy groups -OCH3 is 1. The summed E-state index contributed by atoms with van der Waals surface area (Å²) in [6, 6.07) is 16.1. The molecule has 3 nitrogen and oxygen atoms in total. The van der Waals surface area contributed by atoms with Crippen LogP contribution >= 0.6 is 0 Å². The molecule has 0 N–H and O–H groups in total. The van der Waals surface area contributed by atoms with Crippen LogP contribution in [0.4, 0.5) is 5.69 Å². The lowest BCUT2D eigenvalue weighted by atomic mass is 10.0. The lowest BCUT2D eigenvalue weighted by Gasteiger charge is -2.21. The summed E-state index contributed by atoms with van der Waals surface area (Å²) < 4.78 is 4.74. The van der Waals surface area contributed by atoms with Gasteiger partial charge in [0.25, 0.3) is 0 Å². The van der Waals surface area contributed by atoms with E-state index in [4.69, 9.17) is 4.74 Å². The van der Waals surface area contributed by atoms with Gasteiger partial charge in [0.15, 0.2) is 0 Å². The van der Waals surface area contributed by atoms with Gasteiger partial charge in [-0.2, -0.15) is 0 Å². The molecule has 3 rings (SSSR count). The molecule has 1 fully saturated rings. The van der Waals surface area contributed by atoms with Gasteiger partial charge in [-0.25, -0.2) is 4.79 Å². The zero-order valence-corrected chi connectivity index (χ0v) is 12.2. The van der Waals surface area contributed by atoms with Gasteiger partial charge in [0.2, 0.25) is 0 Å². The number of carbonyl (C=O) groups is 1. The highest BCUT2D eigenvalue weighted by Gasteiger charge is 2.16. The second-order valence-corrected chi connectivity index (χ2v) is 5.28. The smallest absolute Gasteiger partial charge is 0.337 e. The normalized spacial score (nSPS) is 14.2. The first-order valence-corrected chi connectivity index (χ1v) is 7.32. The molecule has 0 unspecified atom stereocenters. The molecule has 0 radical (unpaired) electrons. The fraction of sp³-hybridized carbons (Fsp3) is 0.278. The summed E-state index contributed by atoms with van der Waals surface area (Å²) in [5.74, 6) is -0.297. The largest absolute Gasteiger partial charge is 0.465 e. The molecule has 2 aromatic rings. The Morgan fingerprint density at radius 3 is 2.33 bits per heavy atom. The maximum absolute atomic E-state index is 11.5. The van der Waals surface area contributed by atoms with Gasteiger partial charge < -0.3 is 9.64 Å². The van der Waals surface area contributed by atoms with Crippen LogP contribution in [0.1, 0.15) is 23.2 Å². The molecule has 0 spiro atoms. The lowest BCUT2D eigenvalue weighted by molar-refractivity contribution is 0.0601. The van der Waals surface area contributed by atoms with Crippen molar-refractivity contribution in [1.82, 2.24) is 0 Å². The fourth-order valence-electron chi connectivity index (χ4n) is 2.86. The average Bonchev–Trinajstić information content (AvgIpc) is 3.08. The van der Waals surface area contributed by atoms with Crippen LogP contribution in [0.3, 0.4) is 0 Å². The molecule has 1 saturated heterocycles. The van der Waals surface area contributed by atoms with Gasteiger partial charge in [0.1, 0.15) is 0 Å². The second kappa shape index (κ2) is 6.00. The van der Waals surface area contributed by atoms with E-state index in [2.05, 4.69) is 29.2 Å². The van der Waals surface area contributed by atoms with Gasteiger partial charge in [0.05, 0.1) is 12.7 Å². The molecule has 108 valence electrons. The predicted octanol–water partition coefficient (Wildman–Crippen LogP) is 3.74. The van der Waals surface area contributed by atoms with Crippen LogP contribution in [0.15, 0.2) is 48.5 Å². The number of hydrogen-bond donors (Lipinski definition) is 0. The number of nitrogens with zero attached hydrogens (tertiary/aromatic N) is 1. The first-order valence-electron chi connectivity index (χ1n) is 7.32. The highest BCUT2D eigenvalue weighted by Crippen LogP contribution is 2.32. The summed E-state index contributed by atoms with van der Waals surface area (Å²) in [6.07, 6.45) is 2.52. The van der Waals surface area contributed by atoms with E-state index >= 15 is 0 Å². The minimum Gasteiger partial charge on any atom is -0.465 e. The molecule has 0 aliphatic carbocycles. The monoisotopic (exact) mass is 281 g/mol. The van der Waals surface area contributed by atoms with Crippen LogP contribution in [0.2, 0.25) is 0 Å². The van der Waals surface area contributed by atoms with Crippen molar-refractivity contribution in [2.75, 3.05) is 25.1 Å². The molecular formula is C18H19NO2. The predicted molar refractivity (Wildman–Crippen MR) is 84.7 cm³/mol. The number of ether oxygens (including phenoxy) is 1. The number of anilines is 1. The maximum atomic E-state index is 11.5. The van der Waals surface area contributed by atoms with Gasteiger partial charge >= 0.3 is 5.97 Å². The molecule has 3 heteroatoms. The number of para-hydroxylation sites is 1. The van der Waals surface area contributed by atoms with E-state index in [-0.39, 0.29) is 5.97 Å². The summed E-state index contributed by atoms with van der Waals surface area (Å²) in [6.45, 7) is 2.24. The van der Waals surface area contributed by atoms with Gasteiger partial charge in [0, 0.05) is 24.3 Å². The van der Waals surface area contributed by atoms with E-state index in [9.17, 15) is 4.79 Å². The van der Waals surface area contributed by atoms with E-state index in [1.54, 1.807) is 0 Å². The topological polar surface area (TPSA) is 29.5 Å². The molecule has 1 heterocycles. The van der Waals surface area contributed by atoms with Crippen LogP contribution < -0.4 is 4.90 Å². The Balaban J connectivity index is 1.95. The molecule has 0 aromatic heterocycles. The van der Waals surface area contributed by atoms with Crippen molar-refractivity contribution in [3.63, 3.8) is 0 Å². The van der Waals surface area contributed by atoms with E-state index < -0.39 is 0 Å². The Morgan fingerprint density at radius 2 is 1.67 bits per heavy atom. The molecular weight excluding hydrogens is 262 g/mol. The summed E-state index contributed by atoms with van der Waals surface area (Å²) in [5, 5.41) is 0. The minimum atomic E-state index is -0.297. The van der Waals surface area contributed by atoms with Crippen LogP contribution in [0.5, 0.6) is 0 Å². The van der Waals surface area contributed by atoms with Crippen LogP contribution in [-0.4, -0.2) is 26.2 Å². The van der Waals surface area contributed by atoms with Crippen molar-refractivity contribution in [1.29, 1.82) is 0 Å². The van der Waals surface area contributed by atoms with Crippen LogP contribution in [-0.2, 0) is 4.74 Å². The highest BCUT2D eigenvalue weighted by molar-refractivity contribution is 5.90. The van der Waals surface area contributed by atoms with Crippen molar-refractivity contribution in [3.8, 4) is 11.1 Å². The zero-order valence-electron chi connectivity index (χ0n) is 12.2. The maximum Gasteiger partial charge on any atom is 0.337 e. The molecule has 1 aliphatic rings. The van der Waals surface area contributed by atoms with Crippen molar-refractivity contribution >= 4 is 11.7 Å². The summed E-state index contributed by atoms with van der Waals surface area (Å²) in [5.41, 5.74) is 4.21. The number of benzene rings is 2. The van der Waals surface area contributed by atoms with E-state index in [1.165, 1.54) is 31.2 Å².